The normalized spacial score (nSPS) is 12.0. The predicted octanol–water partition coefficient (Wildman–Crippen LogP) is 4.99. The molecule has 3 aromatic rings. The minimum absolute atomic E-state index is 0.0309. The third-order valence-electron chi connectivity index (χ3n) is 5.65. The molecule has 0 bridgehead atoms. The summed E-state index contributed by atoms with van der Waals surface area (Å²) in [4.78, 5) is 17.2. The zero-order valence-corrected chi connectivity index (χ0v) is 20.0. The highest BCUT2D eigenvalue weighted by Gasteiger charge is 2.17. The third-order valence-corrected chi connectivity index (χ3v) is 5.65. The Hall–Kier alpha value is -3.28. The third kappa shape index (κ3) is 5.13. The van der Waals surface area contributed by atoms with Gasteiger partial charge in [0.25, 0.3) is 5.91 Å². The summed E-state index contributed by atoms with van der Waals surface area (Å²) in [5.74, 6) is 1.77. The van der Waals surface area contributed by atoms with Gasteiger partial charge in [-0.25, -0.2) is 4.98 Å². The number of nitrogens with zero attached hydrogens (tertiary/aromatic N) is 2. The predicted molar refractivity (Wildman–Crippen MR) is 127 cm³/mol. The minimum Gasteiger partial charge on any atom is -0.496 e. The number of ether oxygens (including phenoxy) is 2. The maximum absolute atomic E-state index is 12.9. The Labute approximate surface area is 190 Å². The lowest BCUT2D eigenvalue weighted by atomic mass is 9.93. The zero-order chi connectivity index (χ0) is 23.4. The van der Waals surface area contributed by atoms with Crippen molar-refractivity contribution in [2.75, 3.05) is 14.2 Å². The van der Waals surface area contributed by atoms with Crippen LogP contribution in [0.5, 0.6) is 11.5 Å². The van der Waals surface area contributed by atoms with E-state index in [1.807, 2.05) is 36.7 Å². The molecule has 0 aliphatic rings. The number of nitrogens with one attached hydrogen (secondary N) is 1. The molecule has 0 aliphatic carbocycles. The molecular formula is C26H33N3O3. The van der Waals surface area contributed by atoms with Gasteiger partial charge < -0.3 is 19.4 Å². The van der Waals surface area contributed by atoms with Crippen LogP contribution in [-0.2, 0) is 6.42 Å². The molecule has 0 spiro atoms. The quantitative estimate of drug-likeness (QED) is 0.541. The van der Waals surface area contributed by atoms with Gasteiger partial charge >= 0.3 is 0 Å². The van der Waals surface area contributed by atoms with Crippen LogP contribution in [0, 0.1) is 13.8 Å². The Morgan fingerprint density at radius 3 is 2.38 bits per heavy atom. The van der Waals surface area contributed by atoms with Crippen LogP contribution in [-0.4, -0.2) is 35.7 Å². The zero-order valence-electron chi connectivity index (χ0n) is 20.0. The van der Waals surface area contributed by atoms with E-state index < -0.39 is 0 Å². The van der Waals surface area contributed by atoms with Gasteiger partial charge in [0, 0.05) is 17.8 Å². The molecule has 1 aromatic heterocycles. The second-order valence-corrected chi connectivity index (χ2v) is 8.56. The van der Waals surface area contributed by atoms with Gasteiger partial charge in [0.1, 0.15) is 11.5 Å². The molecule has 1 unspecified atom stereocenters. The van der Waals surface area contributed by atoms with Crippen molar-refractivity contribution < 1.29 is 14.3 Å². The van der Waals surface area contributed by atoms with Gasteiger partial charge in [0.2, 0.25) is 0 Å². The topological polar surface area (TPSA) is 65.4 Å². The van der Waals surface area contributed by atoms with Crippen LogP contribution in [0.25, 0.3) is 5.69 Å². The lowest BCUT2D eigenvalue weighted by Gasteiger charge is -2.19. The summed E-state index contributed by atoms with van der Waals surface area (Å²) in [5.41, 5.74) is 5.87. The standard InChI is InChI=1S/C26H33N3O3/c1-16(2)22-12-21(17(3)10-24(22)31-6)11-18(4)28-26(30)20-8-9-23(25(13-20)32-7)29-14-19(5)27-15-29/h8-10,12-16,18H,11H2,1-7H3,(H,28,30). The molecular weight excluding hydrogens is 402 g/mol. The Balaban J connectivity index is 1.75. The van der Waals surface area contributed by atoms with Crippen molar-refractivity contribution in [3.8, 4) is 17.2 Å². The number of methoxy groups -OCH3 is 2. The molecule has 1 N–H and O–H groups in total. The molecule has 0 saturated carbocycles. The molecule has 6 heteroatoms. The molecule has 170 valence electrons. The molecule has 1 atom stereocenters. The average Bonchev–Trinajstić information content (AvgIpc) is 3.20. The highest BCUT2D eigenvalue weighted by atomic mass is 16.5. The number of hydrogen-bond acceptors (Lipinski definition) is 4. The number of imidazole rings is 1. The Kier molecular flexibility index (Phi) is 7.23. The summed E-state index contributed by atoms with van der Waals surface area (Å²) in [6.07, 6.45) is 4.39. The number of amides is 1. The van der Waals surface area contributed by atoms with Crippen molar-refractivity contribution in [1.82, 2.24) is 14.9 Å². The minimum atomic E-state index is -0.126. The van der Waals surface area contributed by atoms with Crippen LogP contribution >= 0.6 is 0 Å². The fourth-order valence-corrected chi connectivity index (χ4v) is 3.87. The van der Waals surface area contributed by atoms with E-state index in [1.165, 1.54) is 11.1 Å². The number of rotatable bonds is 8. The van der Waals surface area contributed by atoms with E-state index in [9.17, 15) is 4.79 Å². The van der Waals surface area contributed by atoms with E-state index in [4.69, 9.17) is 9.47 Å². The van der Waals surface area contributed by atoms with Crippen LogP contribution in [0.15, 0.2) is 42.9 Å². The van der Waals surface area contributed by atoms with E-state index in [1.54, 1.807) is 26.6 Å². The van der Waals surface area contributed by atoms with Crippen LogP contribution in [0.1, 0.15) is 59.4 Å². The molecule has 1 heterocycles. The Bertz CT molecular complexity index is 1100. The number of hydrogen-bond donors (Lipinski definition) is 1. The van der Waals surface area contributed by atoms with E-state index in [-0.39, 0.29) is 11.9 Å². The van der Waals surface area contributed by atoms with Gasteiger partial charge in [0.05, 0.1) is 31.9 Å². The monoisotopic (exact) mass is 435 g/mol. The van der Waals surface area contributed by atoms with E-state index in [2.05, 4.69) is 43.2 Å². The summed E-state index contributed by atoms with van der Waals surface area (Å²) < 4.78 is 13.0. The SMILES string of the molecule is COc1cc(C)c(CC(C)NC(=O)c2ccc(-n3cnc(C)c3)c(OC)c2)cc1C(C)C. The van der Waals surface area contributed by atoms with E-state index in [0.29, 0.717) is 17.2 Å². The molecule has 0 aliphatic heterocycles. The molecule has 0 fully saturated rings. The highest BCUT2D eigenvalue weighted by molar-refractivity contribution is 5.95. The van der Waals surface area contributed by atoms with Crippen LogP contribution in [0.4, 0.5) is 0 Å². The maximum atomic E-state index is 12.9. The van der Waals surface area contributed by atoms with Crippen molar-refractivity contribution in [3.63, 3.8) is 0 Å². The summed E-state index contributed by atoms with van der Waals surface area (Å²) >= 11 is 0. The van der Waals surface area contributed by atoms with Gasteiger partial charge in [-0.1, -0.05) is 19.9 Å². The van der Waals surface area contributed by atoms with Crippen molar-refractivity contribution in [2.24, 2.45) is 0 Å². The van der Waals surface area contributed by atoms with Gasteiger partial charge in [0.15, 0.2) is 0 Å². The highest BCUT2D eigenvalue weighted by Crippen LogP contribution is 2.30. The summed E-state index contributed by atoms with van der Waals surface area (Å²) in [6, 6.07) is 9.71. The largest absolute Gasteiger partial charge is 0.496 e. The first-order valence-corrected chi connectivity index (χ1v) is 10.9. The fraction of sp³-hybridized carbons (Fsp3) is 0.385. The van der Waals surface area contributed by atoms with E-state index in [0.717, 1.165) is 29.1 Å². The van der Waals surface area contributed by atoms with Crippen LogP contribution in [0.2, 0.25) is 0 Å². The Morgan fingerprint density at radius 2 is 1.78 bits per heavy atom. The van der Waals surface area contributed by atoms with Crippen LogP contribution in [0.3, 0.4) is 0 Å². The van der Waals surface area contributed by atoms with Gasteiger partial charge in [-0.15, -0.1) is 0 Å². The number of aryl methyl sites for hydroxylation is 2. The first kappa shape index (κ1) is 23.4. The molecule has 2 aromatic carbocycles. The molecule has 32 heavy (non-hydrogen) atoms. The van der Waals surface area contributed by atoms with Gasteiger partial charge in [-0.05, 0) is 74.1 Å². The lowest BCUT2D eigenvalue weighted by Crippen LogP contribution is -2.34. The summed E-state index contributed by atoms with van der Waals surface area (Å²) in [6.45, 7) is 10.4. The van der Waals surface area contributed by atoms with Gasteiger partial charge in [-0.2, -0.15) is 0 Å². The summed E-state index contributed by atoms with van der Waals surface area (Å²) in [5, 5.41) is 3.12. The lowest BCUT2D eigenvalue weighted by molar-refractivity contribution is 0.0939. The van der Waals surface area contributed by atoms with Crippen molar-refractivity contribution in [2.45, 2.75) is 53.0 Å². The fourth-order valence-electron chi connectivity index (χ4n) is 3.87. The van der Waals surface area contributed by atoms with Crippen LogP contribution < -0.4 is 14.8 Å². The van der Waals surface area contributed by atoms with Crippen molar-refractivity contribution in [1.29, 1.82) is 0 Å². The van der Waals surface area contributed by atoms with Crippen molar-refractivity contribution in [3.05, 3.63) is 70.8 Å². The summed E-state index contributed by atoms with van der Waals surface area (Å²) in [7, 11) is 3.31. The second kappa shape index (κ2) is 9.90. The van der Waals surface area contributed by atoms with E-state index >= 15 is 0 Å². The number of benzene rings is 2. The second-order valence-electron chi connectivity index (χ2n) is 8.56. The number of carbonyl (C=O) groups excluding carboxylic acids is 1. The Morgan fingerprint density at radius 1 is 1.06 bits per heavy atom. The smallest absolute Gasteiger partial charge is 0.251 e. The van der Waals surface area contributed by atoms with Crippen molar-refractivity contribution >= 4 is 5.91 Å². The average molecular weight is 436 g/mol. The molecule has 6 nitrogen and oxygen atoms in total. The molecule has 0 radical (unpaired) electrons. The molecule has 3 rings (SSSR count). The first-order chi connectivity index (χ1) is 15.2. The molecule has 0 saturated heterocycles. The van der Waals surface area contributed by atoms with Gasteiger partial charge in [-0.3, -0.25) is 4.79 Å². The first-order valence-electron chi connectivity index (χ1n) is 10.9. The molecule has 1 amide bonds. The number of carbonyl (C=O) groups is 1. The maximum Gasteiger partial charge on any atom is 0.251 e. The number of aromatic nitrogens is 2.